The second-order valence-corrected chi connectivity index (χ2v) is 15.1. The lowest BCUT2D eigenvalue weighted by Crippen LogP contribution is -2.45. The minimum absolute atomic E-state index is 0.0904. The van der Waals surface area contributed by atoms with Gasteiger partial charge in [0.2, 0.25) is 11.8 Å². The molecule has 0 radical (unpaired) electrons. The molecule has 2 bridgehead atoms. The van der Waals surface area contributed by atoms with Gasteiger partial charge >= 0.3 is 0 Å². The van der Waals surface area contributed by atoms with Crippen LogP contribution in [0.4, 0.5) is 4.39 Å². The molecule has 264 valence electrons. The molecule has 3 atom stereocenters. The van der Waals surface area contributed by atoms with E-state index in [0.717, 1.165) is 16.7 Å². The first-order chi connectivity index (χ1) is 24.3. The Balaban J connectivity index is 1.23. The summed E-state index contributed by atoms with van der Waals surface area (Å²) in [6, 6.07) is 16.2. The number of Topliss-reactive ketones (excluding diaryl/α,β-unsaturated/α-hetero) is 2. The van der Waals surface area contributed by atoms with Gasteiger partial charge in [0.25, 0.3) is 0 Å². The van der Waals surface area contributed by atoms with E-state index in [9.17, 15) is 19.2 Å². The summed E-state index contributed by atoms with van der Waals surface area (Å²) >= 11 is 0. The second kappa shape index (κ2) is 13.0. The molecule has 3 aliphatic rings. The highest BCUT2D eigenvalue weighted by Crippen LogP contribution is 2.59. The fraction of sp³-hybridized carbons (Fsp3) is 0.390. The van der Waals surface area contributed by atoms with E-state index >= 15 is 4.39 Å². The number of ketones is 2. The predicted octanol–water partition coefficient (Wildman–Crippen LogP) is 6.06. The van der Waals surface area contributed by atoms with E-state index < -0.39 is 22.7 Å². The number of ether oxygens (including phenoxy) is 1. The third-order valence-corrected chi connectivity index (χ3v) is 10.9. The zero-order valence-electron chi connectivity index (χ0n) is 29.7. The Morgan fingerprint density at radius 1 is 1.02 bits per heavy atom. The molecule has 10 heteroatoms. The van der Waals surface area contributed by atoms with Gasteiger partial charge in [-0.15, -0.1) is 0 Å². The molecule has 3 heterocycles. The summed E-state index contributed by atoms with van der Waals surface area (Å²) in [4.78, 5) is 56.3. The fourth-order valence-electron chi connectivity index (χ4n) is 7.75. The Kier molecular flexibility index (Phi) is 8.78. The Bertz CT molecular complexity index is 2120. The molecule has 2 aliphatic heterocycles. The number of carbonyl (C=O) groups is 4. The van der Waals surface area contributed by atoms with Gasteiger partial charge < -0.3 is 15.0 Å². The number of benzene rings is 3. The number of hydrogen-bond donors (Lipinski definition) is 1. The molecular weight excluding hydrogens is 647 g/mol. The summed E-state index contributed by atoms with van der Waals surface area (Å²) in [5, 5.41) is 8.34. The van der Waals surface area contributed by atoms with Gasteiger partial charge in [-0.05, 0) is 74.9 Å². The number of piperidine rings is 1. The first kappa shape index (κ1) is 34.5. The number of fused-ring (bicyclic) bond motifs is 3. The van der Waals surface area contributed by atoms with E-state index in [-0.39, 0.29) is 66.9 Å². The zero-order valence-corrected chi connectivity index (χ0v) is 29.7. The SMILES string of the molecule is CC(=O)c1nn(CC(=O)N2[C@H]3C[C@@]4(CNC(=O)C(C)(C)C=CCOCc5ccc(C)c(F)c5CC3=O)C[C@@H]24)c2ccc(-c3ccc(C)cc3)cc12. The quantitative estimate of drug-likeness (QED) is 0.206. The minimum atomic E-state index is -0.819. The van der Waals surface area contributed by atoms with Crippen LogP contribution in [0.2, 0.25) is 0 Å². The Hall–Kier alpha value is -4.96. The Morgan fingerprint density at radius 3 is 2.51 bits per heavy atom. The van der Waals surface area contributed by atoms with Crippen molar-refractivity contribution >= 4 is 34.3 Å². The number of nitrogens with zero attached hydrogens (tertiary/aromatic N) is 3. The number of hydrogen-bond acceptors (Lipinski definition) is 6. The van der Waals surface area contributed by atoms with Crippen LogP contribution >= 0.6 is 0 Å². The molecule has 1 saturated carbocycles. The standard InChI is InChI=1S/C41H43FN4O5/c1-24-7-10-27(11-8-24)28-13-14-32-31(17-28)38(26(3)47)44-45(32)21-36(49)46-33-19-41(20-35(41)46)23-43-39(50)40(4,5)15-6-16-51-22-29-12-9-25(2)37(42)30(29)18-34(33)48/h6-15,17,33,35H,16,18-23H2,1-5H3,(H,43,50)/t33-,35+,41-/m0/s1. The smallest absolute Gasteiger partial charge is 0.245 e. The number of aryl methyl sites for hydroxylation is 2. The van der Waals surface area contributed by atoms with Crippen LogP contribution in [0.3, 0.4) is 0 Å². The van der Waals surface area contributed by atoms with E-state index in [0.29, 0.717) is 41.4 Å². The van der Waals surface area contributed by atoms with Gasteiger partial charge in [0.1, 0.15) is 18.1 Å². The molecule has 51 heavy (non-hydrogen) atoms. The van der Waals surface area contributed by atoms with Crippen LogP contribution in [0.15, 0.2) is 66.7 Å². The van der Waals surface area contributed by atoms with Crippen molar-refractivity contribution in [2.24, 2.45) is 10.8 Å². The molecular formula is C41H43FN4O5. The predicted molar refractivity (Wildman–Crippen MR) is 191 cm³/mol. The van der Waals surface area contributed by atoms with Crippen molar-refractivity contribution < 1.29 is 28.3 Å². The molecule has 1 N–H and O–H groups in total. The van der Waals surface area contributed by atoms with Gasteiger partial charge in [0, 0.05) is 42.3 Å². The Morgan fingerprint density at radius 2 is 1.76 bits per heavy atom. The minimum Gasteiger partial charge on any atom is -0.373 e. The number of nitrogens with one attached hydrogen (secondary N) is 1. The third kappa shape index (κ3) is 6.42. The van der Waals surface area contributed by atoms with E-state index in [1.165, 1.54) is 6.92 Å². The number of halogens is 1. The Labute approximate surface area is 296 Å². The highest BCUT2D eigenvalue weighted by molar-refractivity contribution is 6.06. The molecule has 1 spiro atoms. The number of aromatic nitrogens is 2. The third-order valence-electron chi connectivity index (χ3n) is 10.9. The summed E-state index contributed by atoms with van der Waals surface area (Å²) < 4.78 is 23.0. The van der Waals surface area contributed by atoms with E-state index in [1.54, 1.807) is 40.8 Å². The van der Waals surface area contributed by atoms with Crippen LogP contribution < -0.4 is 5.32 Å². The van der Waals surface area contributed by atoms with Crippen molar-refractivity contribution in [3.05, 3.63) is 101 Å². The number of rotatable bonds is 4. The summed E-state index contributed by atoms with van der Waals surface area (Å²) in [6.45, 7) is 9.21. The van der Waals surface area contributed by atoms with Gasteiger partial charge in [-0.3, -0.25) is 23.9 Å². The maximum atomic E-state index is 15.6. The lowest BCUT2D eigenvalue weighted by atomic mass is 9.90. The van der Waals surface area contributed by atoms with E-state index in [4.69, 9.17) is 4.74 Å². The van der Waals surface area contributed by atoms with Crippen LogP contribution in [0, 0.1) is 30.5 Å². The van der Waals surface area contributed by atoms with Crippen molar-refractivity contribution in [2.75, 3.05) is 13.2 Å². The number of carbonyl (C=O) groups excluding carboxylic acids is 4. The molecule has 1 aliphatic carbocycles. The highest BCUT2D eigenvalue weighted by atomic mass is 19.1. The van der Waals surface area contributed by atoms with Crippen LogP contribution in [0.1, 0.15) is 66.4 Å². The highest BCUT2D eigenvalue weighted by Gasteiger charge is 2.67. The topological polar surface area (TPSA) is 111 Å². The maximum absolute atomic E-state index is 15.6. The first-order valence-electron chi connectivity index (χ1n) is 17.5. The monoisotopic (exact) mass is 690 g/mol. The van der Waals surface area contributed by atoms with Crippen molar-refractivity contribution in [1.82, 2.24) is 20.0 Å². The van der Waals surface area contributed by atoms with Gasteiger partial charge in [-0.25, -0.2) is 4.39 Å². The average Bonchev–Trinajstić information content (AvgIpc) is 3.51. The second-order valence-electron chi connectivity index (χ2n) is 15.1. The fourth-order valence-corrected chi connectivity index (χ4v) is 7.75. The van der Waals surface area contributed by atoms with Gasteiger partial charge in [0.15, 0.2) is 11.6 Å². The molecule has 2 amide bonds. The molecule has 7 rings (SSSR count). The molecule has 3 aromatic carbocycles. The summed E-state index contributed by atoms with van der Waals surface area (Å²) in [5.74, 6) is -1.42. The molecule has 2 fully saturated rings. The lowest BCUT2D eigenvalue weighted by molar-refractivity contribution is -0.139. The summed E-state index contributed by atoms with van der Waals surface area (Å²) in [5.41, 5.74) is 3.95. The molecule has 1 aromatic heterocycles. The zero-order chi connectivity index (χ0) is 36.2. The van der Waals surface area contributed by atoms with Crippen LogP contribution in [0.25, 0.3) is 22.0 Å². The van der Waals surface area contributed by atoms with Crippen LogP contribution in [0.5, 0.6) is 0 Å². The molecule has 9 nitrogen and oxygen atoms in total. The number of likely N-dealkylation sites (tertiary alicyclic amines) is 1. The normalized spacial score (nSPS) is 23.1. The lowest BCUT2D eigenvalue weighted by Gasteiger charge is -2.27. The van der Waals surface area contributed by atoms with E-state index in [1.807, 2.05) is 63.2 Å². The van der Waals surface area contributed by atoms with E-state index in [2.05, 4.69) is 10.4 Å². The molecule has 1 saturated heterocycles. The molecule has 4 aromatic rings. The van der Waals surface area contributed by atoms with Gasteiger partial charge in [0.05, 0.1) is 30.2 Å². The van der Waals surface area contributed by atoms with Crippen molar-refractivity contribution in [3.63, 3.8) is 0 Å². The van der Waals surface area contributed by atoms with Crippen molar-refractivity contribution in [1.29, 1.82) is 0 Å². The number of amides is 2. The summed E-state index contributed by atoms with van der Waals surface area (Å²) in [7, 11) is 0. The van der Waals surface area contributed by atoms with Crippen LogP contribution in [-0.4, -0.2) is 63.3 Å². The summed E-state index contributed by atoms with van der Waals surface area (Å²) in [6.07, 6.45) is 4.38. The first-order valence-corrected chi connectivity index (χ1v) is 17.5. The largest absolute Gasteiger partial charge is 0.373 e. The molecule has 0 unspecified atom stereocenters. The van der Waals surface area contributed by atoms with Gasteiger partial charge in [-0.1, -0.05) is 60.2 Å². The average molecular weight is 691 g/mol. The van der Waals surface area contributed by atoms with Crippen molar-refractivity contribution in [2.45, 2.75) is 79.1 Å². The maximum Gasteiger partial charge on any atom is 0.245 e. The van der Waals surface area contributed by atoms with Gasteiger partial charge in [-0.2, -0.15) is 5.10 Å². The van der Waals surface area contributed by atoms with Crippen LogP contribution in [-0.2, 0) is 38.7 Å². The van der Waals surface area contributed by atoms with Crippen molar-refractivity contribution in [3.8, 4) is 11.1 Å².